The number of nitrogens with zero attached hydrogens (tertiary/aromatic N) is 6. The second-order valence-electron chi connectivity index (χ2n) is 10.1. The van der Waals surface area contributed by atoms with Gasteiger partial charge < -0.3 is 20.5 Å². The van der Waals surface area contributed by atoms with Gasteiger partial charge in [-0.1, -0.05) is 12.1 Å². The van der Waals surface area contributed by atoms with Gasteiger partial charge in [0.1, 0.15) is 5.82 Å². The normalized spacial score (nSPS) is 15.0. The molecule has 1 unspecified atom stereocenters. The molecule has 0 spiro atoms. The average molecular weight is 636 g/mol. The molecule has 11 nitrogen and oxygen atoms in total. The van der Waals surface area contributed by atoms with Crippen molar-refractivity contribution in [3.63, 3.8) is 0 Å². The molecule has 17 heteroatoms. The number of benzene rings is 2. The number of likely N-dealkylation sites (N-methyl/N-ethyl adjacent to an activating group) is 1. The maximum absolute atomic E-state index is 13.6. The highest BCUT2D eigenvalue weighted by molar-refractivity contribution is 6.10. The first kappa shape index (κ1) is 31.2. The minimum atomic E-state index is -5.08. The summed E-state index contributed by atoms with van der Waals surface area (Å²) in [4.78, 5) is 28.5. The molecule has 6 rings (SSSR count). The number of aromatic nitrogens is 5. The van der Waals surface area contributed by atoms with E-state index in [0.29, 0.717) is 33.4 Å². The molecule has 236 valence electrons. The Morgan fingerprint density at radius 3 is 2.38 bits per heavy atom. The van der Waals surface area contributed by atoms with E-state index in [1.54, 1.807) is 60.2 Å². The van der Waals surface area contributed by atoms with Crippen molar-refractivity contribution in [3.8, 4) is 11.1 Å². The number of pyridine rings is 1. The molecule has 45 heavy (non-hydrogen) atoms. The van der Waals surface area contributed by atoms with Crippen LogP contribution in [0.4, 0.5) is 32.2 Å². The van der Waals surface area contributed by atoms with Gasteiger partial charge in [0.25, 0.3) is 5.91 Å². The fourth-order valence-corrected chi connectivity index (χ4v) is 4.97. The molecule has 0 saturated carbocycles. The zero-order valence-corrected chi connectivity index (χ0v) is 23.4. The summed E-state index contributed by atoms with van der Waals surface area (Å²) in [5, 5.41) is 16.3. The number of hydrogen-bond acceptors (Lipinski definition) is 7. The summed E-state index contributed by atoms with van der Waals surface area (Å²) < 4.78 is 78.1. The standard InChI is InChI=1S/C26H22F3N7O2.C2HF3O2/c1-34(25(37)15-4-6-21-19(8-15)23-20(24(30)33-21)10-31-35(23)2)22-13-38-12-16-7-14(3-5-18(16)22)17-9-32-36(11-17)26(27,28)29;3-2(4,5)1(6)7/h3-11,22H,12-13H2,1-2H3,(H2,30,33);(H,6,7). The summed E-state index contributed by atoms with van der Waals surface area (Å²) in [6.07, 6.45) is -5.90. The molecule has 0 fully saturated rings. The van der Waals surface area contributed by atoms with E-state index in [2.05, 4.69) is 15.2 Å². The Balaban J connectivity index is 0.000000515. The van der Waals surface area contributed by atoms with Crippen LogP contribution in [0.5, 0.6) is 0 Å². The van der Waals surface area contributed by atoms with E-state index >= 15 is 0 Å². The van der Waals surface area contributed by atoms with Gasteiger partial charge in [-0.2, -0.15) is 28.1 Å². The van der Waals surface area contributed by atoms with Crippen LogP contribution < -0.4 is 5.73 Å². The Kier molecular flexibility index (Phi) is 7.90. The molecule has 5 aromatic rings. The number of aliphatic carboxylic acids is 1. The van der Waals surface area contributed by atoms with Crippen LogP contribution in [0, 0.1) is 0 Å². The Bertz CT molecular complexity index is 1930. The number of ether oxygens (including phenoxy) is 1. The van der Waals surface area contributed by atoms with Crippen LogP contribution in [0.15, 0.2) is 55.0 Å². The lowest BCUT2D eigenvalue weighted by atomic mass is 9.94. The monoisotopic (exact) mass is 635 g/mol. The van der Waals surface area contributed by atoms with Crippen molar-refractivity contribution < 1.29 is 45.8 Å². The van der Waals surface area contributed by atoms with Gasteiger partial charge in [0, 0.05) is 36.8 Å². The SMILES string of the molecule is CN(C(=O)c1ccc2nc(N)c3cnn(C)c3c2c1)C1COCc2cc(-c3cnn(C(F)(F)F)c3)ccc21.O=C(O)C(F)(F)F. The summed E-state index contributed by atoms with van der Waals surface area (Å²) in [5.74, 6) is -2.60. The number of carbonyl (C=O) groups excluding carboxylic acids is 1. The van der Waals surface area contributed by atoms with Crippen molar-refractivity contribution >= 4 is 39.5 Å². The van der Waals surface area contributed by atoms with Crippen molar-refractivity contribution in [2.45, 2.75) is 25.1 Å². The molecule has 2 aromatic carbocycles. The summed E-state index contributed by atoms with van der Waals surface area (Å²) in [6, 6.07) is 10.2. The Morgan fingerprint density at radius 1 is 1.02 bits per heavy atom. The Morgan fingerprint density at radius 2 is 1.73 bits per heavy atom. The third-order valence-corrected chi connectivity index (χ3v) is 7.20. The predicted octanol–water partition coefficient (Wildman–Crippen LogP) is 5.02. The molecule has 1 aliphatic rings. The van der Waals surface area contributed by atoms with Crippen molar-refractivity contribution in [2.75, 3.05) is 19.4 Å². The van der Waals surface area contributed by atoms with Crippen molar-refractivity contribution in [1.82, 2.24) is 29.4 Å². The van der Waals surface area contributed by atoms with E-state index < -0.39 is 18.4 Å². The first-order valence-corrected chi connectivity index (χ1v) is 13.0. The number of rotatable bonds is 3. The van der Waals surface area contributed by atoms with Crippen LogP contribution in [-0.4, -0.2) is 66.3 Å². The molecule has 0 bridgehead atoms. The number of amides is 1. The molecule has 1 aliphatic heterocycles. The van der Waals surface area contributed by atoms with Gasteiger partial charge in [0.2, 0.25) is 0 Å². The number of alkyl halides is 6. The number of carbonyl (C=O) groups is 2. The van der Waals surface area contributed by atoms with Crippen molar-refractivity contribution in [3.05, 3.63) is 71.7 Å². The zero-order chi connectivity index (χ0) is 32.8. The third kappa shape index (κ3) is 6.11. The topological polar surface area (TPSA) is 141 Å². The number of hydrogen-bond donors (Lipinski definition) is 2. The van der Waals surface area contributed by atoms with Crippen LogP contribution in [0.2, 0.25) is 0 Å². The lowest BCUT2D eigenvalue weighted by molar-refractivity contribution is -0.212. The van der Waals surface area contributed by atoms with Gasteiger partial charge in [0.05, 0.1) is 48.1 Å². The maximum Gasteiger partial charge on any atom is 0.504 e. The summed E-state index contributed by atoms with van der Waals surface area (Å²) in [7, 11) is 3.51. The average Bonchev–Trinajstić information content (AvgIpc) is 3.64. The largest absolute Gasteiger partial charge is 0.504 e. The highest BCUT2D eigenvalue weighted by Crippen LogP contribution is 2.35. The van der Waals surface area contributed by atoms with Gasteiger partial charge in [-0.15, -0.1) is 13.2 Å². The molecule has 4 heterocycles. The number of halogens is 6. The molecule has 0 aliphatic carbocycles. The van der Waals surface area contributed by atoms with E-state index in [9.17, 15) is 31.1 Å². The second kappa shape index (κ2) is 11.4. The van der Waals surface area contributed by atoms with Gasteiger partial charge in [-0.25, -0.2) is 9.78 Å². The van der Waals surface area contributed by atoms with E-state index in [4.69, 9.17) is 20.4 Å². The van der Waals surface area contributed by atoms with Crippen molar-refractivity contribution in [1.29, 1.82) is 0 Å². The fourth-order valence-electron chi connectivity index (χ4n) is 4.97. The zero-order valence-electron chi connectivity index (χ0n) is 23.4. The van der Waals surface area contributed by atoms with Crippen LogP contribution in [0.1, 0.15) is 27.5 Å². The van der Waals surface area contributed by atoms with E-state index in [-0.39, 0.29) is 29.8 Å². The highest BCUT2D eigenvalue weighted by atomic mass is 19.4. The van der Waals surface area contributed by atoms with Crippen LogP contribution in [0.3, 0.4) is 0 Å². The van der Waals surface area contributed by atoms with Gasteiger partial charge in [-0.05, 0) is 41.0 Å². The molecule has 3 aromatic heterocycles. The summed E-state index contributed by atoms with van der Waals surface area (Å²) >= 11 is 0. The number of anilines is 1. The fraction of sp³-hybridized carbons (Fsp3) is 0.250. The Hall–Kier alpha value is -5.19. The lowest BCUT2D eigenvalue weighted by Gasteiger charge is -2.33. The molecule has 3 N–H and O–H groups in total. The first-order chi connectivity index (χ1) is 21.1. The first-order valence-electron chi connectivity index (χ1n) is 13.0. The minimum Gasteiger partial charge on any atom is -0.475 e. The van der Waals surface area contributed by atoms with Gasteiger partial charge >= 0.3 is 18.4 Å². The van der Waals surface area contributed by atoms with E-state index in [1.807, 2.05) is 6.07 Å². The summed E-state index contributed by atoms with van der Waals surface area (Å²) in [5.41, 5.74) is 10.6. The molecular weight excluding hydrogens is 612 g/mol. The van der Waals surface area contributed by atoms with Crippen LogP contribution >= 0.6 is 0 Å². The minimum absolute atomic E-state index is 0.0276. The van der Waals surface area contributed by atoms with Gasteiger partial charge in [-0.3, -0.25) is 9.48 Å². The smallest absolute Gasteiger partial charge is 0.475 e. The highest BCUT2D eigenvalue weighted by Gasteiger charge is 2.38. The third-order valence-electron chi connectivity index (χ3n) is 7.20. The molecule has 0 radical (unpaired) electrons. The van der Waals surface area contributed by atoms with Gasteiger partial charge in [0.15, 0.2) is 0 Å². The quantitative estimate of drug-likeness (QED) is 0.264. The lowest BCUT2D eigenvalue weighted by Crippen LogP contribution is -2.36. The van der Waals surface area contributed by atoms with E-state index in [0.717, 1.165) is 28.2 Å². The number of nitrogens with two attached hydrogens (primary N) is 1. The van der Waals surface area contributed by atoms with Crippen molar-refractivity contribution in [2.24, 2.45) is 7.05 Å². The predicted molar refractivity (Wildman–Crippen MR) is 148 cm³/mol. The Labute approximate surface area is 249 Å². The number of aryl methyl sites for hydroxylation is 1. The number of carboxylic acid groups (broad SMARTS) is 1. The number of carboxylic acids is 1. The maximum atomic E-state index is 13.6. The molecule has 1 atom stereocenters. The van der Waals surface area contributed by atoms with E-state index in [1.165, 1.54) is 6.20 Å². The second-order valence-corrected chi connectivity index (χ2v) is 10.1. The van der Waals surface area contributed by atoms with Crippen LogP contribution in [-0.2, 0) is 29.5 Å². The number of nitrogen functional groups attached to an aromatic ring is 1. The number of fused-ring (bicyclic) bond motifs is 4. The molecule has 1 amide bonds. The molecule has 0 saturated heterocycles. The summed E-state index contributed by atoms with van der Waals surface area (Å²) in [6.45, 7) is 0.578. The van der Waals surface area contributed by atoms with Crippen LogP contribution in [0.25, 0.3) is 32.9 Å². The molecular formula is C28H23F6N7O4.